The Morgan fingerprint density at radius 3 is 3.07 bits per heavy atom. The molecule has 0 radical (unpaired) electrons. The number of carbonyl (C=O) groups is 1. The van der Waals surface area contributed by atoms with E-state index in [1.807, 2.05) is 24.3 Å². The molecule has 6 nitrogen and oxygen atoms in total. The van der Waals surface area contributed by atoms with Gasteiger partial charge in [0.15, 0.2) is 5.16 Å². The average molecular weight is 432 g/mol. The number of aromatic nitrogens is 2. The fraction of sp³-hybridized carbons (Fsp3) is 0.476. The fourth-order valence-electron chi connectivity index (χ4n) is 3.49. The number of unbranched alkanes of at least 4 members (excludes halogenated alkanes) is 1. The number of nitrogens with one attached hydrogen (secondary N) is 1. The summed E-state index contributed by atoms with van der Waals surface area (Å²) in [5.74, 6) is 0.177. The normalized spacial score (nSPS) is 16.7. The smallest absolute Gasteiger partial charge is 0.272 e. The number of carbonyl (C=O) groups excluding carboxylic acids is 1. The molecule has 1 N–H and O–H groups in total. The highest BCUT2D eigenvalue weighted by Crippen LogP contribution is 2.31. The van der Waals surface area contributed by atoms with Crippen LogP contribution in [0, 0.1) is 0 Å². The molecule has 0 aliphatic carbocycles. The van der Waals surface area contributed by atoms with Crippen LogP contribution < -0.4 is 10.9 Å². The van der Waals surface area contributed by atoms with Gasteiger partial charge in [0.25, 0.3) is 5.56 Å². The van der Waals surface area contributed by atoms with Gasteiger partial charge in [-0.15, -0.1) is 11.3 Å². The summed E-state index contributed by atoms with van der Waals surface area (Å²) in [7, 11) is 0. The van der Waals surface area contributed by atoms with Crippen molar-refractivity contribution in [3.8, 4) is 0 Å². The van der Waals surface area contributed by atoms with Crippen molar-refractivity contribution in [2.24, 2.45) is 0 Å². The van der Waals surface area contributed by atoms with E-state index in [9.17, 15) is 9.59 Å². The summed E-state index contributed by atoms with van der Waals surface area (Å²) < 4.78 is 9.03. The lowest BCUT2D eigenvalue weighted by Gasteiger charge is -2.13. The van der Waals surface area contributed by atoms with Crippen molar-refractivity contribution in [3.63, 3.8) is 0 Å². The number of rotatable bonds is 8. The highest BCUT2D eigenvalue weighted by atomic mass is 32.2. The molecule has 1 amide bonds. The Hall–Kier alpha value is -1.90. The zero-order valence-corrected chi connectivity index (χ0v) is 18.1. The Morgan fingerprint density at radius 2 is 2.28 bits per heavy atom. The maximum atomic E-state index is 13.2. The van der Waals surface area contributed by atoms with Crippen LogP contribution in [0.25, 0.3) is 20.3 Å². The van der Waals surface area contributed by atoms with Crippen LogP contribution in [0.3, 0.4) is 0 Å². The standard InChI is InChI=1S/C21H25N3O3S2/c1-2-3-10-24-20(26)19-18(15-8-4-5-9-16(15)29-19)23-21(24)28-13-17(25)22-12-14-7-6-11-27-14/h4-5,8-9,14H,2-3,6-7,10-13H2,1H3,(H,22,25). The van der Waals surface area contributed by atoms with E-state index in [0.29, 0.717) is 22.9 Å². The number of benzene rings is 1. The van der Waals surface area contributed by atoms with Crippen LogP contribution in [0.4, 0.5) is 0 Å². The molecule has 154 valence electrons. The number of fused-ring (bicyclic) bond motifs is 3. The monoisotopic (exact) mass is 431 g/mol. The first kappa shape index (κ1) is 20.4. The molecule has 1 atom stereocenters. The molecule has 4 rings (SSSR count). The number of hydrogen-bond acceptors (Lipinski definition) is 6. The first-order chi connectivity index (χ1) is 14.2. The second-order valence-corrected chi connectivity index (χ2v) is 9.20. The summed E-state index contributed by atoms with van der Waals surface area (Å²) in [5.41, 5.74) is 0.734. The van der Waals surface area contributed by atoms with Crippen molar-refractivity contribution >= 4 is 49.3 Å². The van der Waals surface area contributed by atoms with E-state index in [-0.39, 0.29) is 23.3 Å². The first-order valence-electron chi connectivity index (χ1n) is 10.1. The predicted molar refractivity (Wildman–Crippen MR) is 119 cm³/mol. The quantitative estimate of drug-likeness (QED) is 0.434. The largest absolute Gasteiger partial charge is 0.376 e. The van der Waals surface area contributed by atoms with E-state index in [0.717, 1.165) is 47.9 Å². The molecule has 1 saturated heterocycles. The predicted octanol–water partition coefficient (Wildman–Crippen LogP) is 3.80. The van der Waals surface area contributed by atoms with Gasteiger partial charge in [0.05, 0.1) is 17.4 Å². The Morgan fingerprint density at radius 1 is 1.41 bits per heavy atom. The van der Waals surface area contributed by atoms with Crippen LogP contribution in [0.2, 0.25) is 0 Å². The lowest BCUT2D eigenvalue weighted by molar-refractivity contribution is -0.119. The zero-order chi connectivity index (χ0) is 20.2. The highest BCUT2D eigenvalue weighted by Gasteiger charge is 2.18. The van der Waals surface area contributed by atoms with E-state index in [4.69, 9.17) is 9.72 Å². The Bertz CT molecular complexity index is 1070. The minimum atomic E-state index is -0.0583. The zero-order valence-electron chi connectivity index (χ0n) is 16.5. The van der Waals surface area contributed by atoms with E-state index in [2.05, 4.69) is 12.2 Å². The summed E-state index contributed by atoms with van der Waals surface area (Å²) in [4.78, 5) is 30.3. The molecule has 1 aromatic carbocycles. The Kier molecular flexibility index (Phi) is 6.52. The highest BCUT2D eigenvalue weighted by molar-refractivity contribution is 7.99. The van der Waals surface area contributed by atoms with Gasteiger partial charge in [-0.25, -0.2) is 4.98 Å². The van der Waals surface area contributed by atoms with E-state index in [1.165, 1.54) is 23.1 Å². The maximum Gasteiger partial charge on any atom is 0.272 e. The third-order valence-electron chi connectivity index (χ3n) is 5.07. The second kappa shape index (κ2) is 9.28. The van der Waals surface area contributed by atoms with Gasteiger partial charge in [-0.3, -0.25) is 14.2 Å². The molecular weight excluding hydrogens is 406 g/mol. The van der Waals surface area contributed by atoms with Crippen molar-refractivity contribution < 1.29 is 9.53 Å². The third-order valence-corrected chi connectivity index (χ3v) is 7.19. The molecule has 1 aliphatic rings. The van der Waals surface area contributed by atoms with Crippen LogP contribution in [-0.4, -0.2) is 40.5 Å². The fourth-order valence-corrected chi connectivity index (χ4v) is 5.43. The SMILES string of the molecule is CCCCn1c(SCC(=O)NCC2CCCO2)nc2c(sc3ccccc32)c1=O. The van der Waals surface area contributed by atoms with E-state index >= 15 is 0 Å². The minimum Gasteiger partial charge on any atom is -0.376 e. The van der Waals surface area contributed by atoms with Gasteiger partial charge in [0.1, 0.15) is 4.70 Å². The van der Waals surface area contributed by atoms with Crippen LogP contribution in [-0.2, 0) is 16.1 Å². The minimum absolute atomic E-state index is 0.00749. The lowest BCUT2D eigenvalue weighted by Crippen LogP contribution is -2.33. The molecule has 2 aromatic heterocycles. The Balaban J connectivity index is 1.58. The lowest BCUT2D eigenvalue weighted by atomic mass is 10.2. The van der Waals surface area contributed by atoms with Crippen LogP contribution in [0.1, 0.15) is 32.6 Å². The molecule has 3 heterocycles. The summed E-state index contributed by atoms with van der Waals surface area (Å²) in [6, 6.07) is 7.95. The summed E-state index contributed by atoms with van der Waals surface area (Å²) in [6.45, 7) is 4.04. The number of hydrogen-bond donors (Lipinski definition) is 1. The first-order valence-corrected chi connectivity index (χ1v) is 11.9. The number of ether oxygens (including phenoxy) is 1. The molecule has 1 unspecified atom stereocenters. The van der Waals surface area contributed by atoms with E-state index in [1.54, 1.807) is 4.57 Å². The van der Waals surface area contributed by atoms with Crippen LogP contribution in [0.15, 0.2) is 34.2 Å². The summed E-state index contributed by atoms with van der Waals surface area (Å²) >= 11 is 2.83. The average Bonchev–Trinajstić information content (AvgIpc) is 3.38. The number of thiophene rings is 1. The Labute approximate surface area is 177 Å². The van der Waals surface area contributed by atoms with Gasteiger partial charge in [-0.05, 0) is 25.3 Å². The van der Waals surface area contributed by atoms with Crippen molar-refractivity contribution in [1.82, 2.24) is 14.9 Å². The van der Waals surface area contributed by atoms with Gasteiger partial charge in [-0.2, -0.15) is 0 Å². The van der Waals surface area contributed by atoms with Crippen molar-refractivity contribution in [3.05, 3.63) is 34.6 Å². The van der Waals surface area contributed by atoms with E-state index < -0.39 is 0 Å². The molecule has 0 bridgehead atoms. The molecule has 29 heavy (non-hydrogen) atoms. The molecular formula is C21H25N3O3S2. The topological polar surface area (TPSA) is 73.2 Å². The summed E-state index contributed by atoms with van der Waals surface area (Å²) in [5, 5.41) is 4.55. The summed E-state index contributed by atoms with van der Waals surface area (Å²) in [6.07, 6.45) is 4.06. The molecule has 3 aromatic rings. The van der Waals surface area contributed by atoms with Crippen LogP contribution in [0.5, 0.6) is 0 Å². The van der Waals surface area contributed by atoms with Gasteiger partial charge in [-0.1, -0.05) is 43.3 Å². The number of amides is 1. The molecule has 8 heteroatoms. The van der Waals surface area contributed by atoms with Gasteiger partial charge < -0.3 is 10.1 Å². The molecule has 0 saturated carbocycles. The molecule has 0 spiro atoms. The van der Waals surface area contributed by atoms with Gasteiger partial charge >= 0.3 is 0 Å². The number of nitrogens with zero attached hydrogens (tertiary/aromatic N) is 2. The third kappa shape index (κ3) is 4.49. The van der Waals surface area contributed by atoms with Gasteiger partial charge in [0, 0.05) is 29.8 Å². The molecule has 1 aliphatic heterocycles. The maximum absolute atomic E-state index is 13.2. The van der Waals surface area contributed by atoms with Crippen LogP contribution >= 0.6 is 23.1 Å². The van der Waals surface area contributed by atoms with Crippen molar-refractivity contribution in [2.45, 2.75) is 50.4 Å². The van der Waals surface area contributed by atoms with Crippen molar-refractivity contribution in [2.75, 3.05) is 18.9 Å². The second-order valence-electron chi connectivity index (χ2n) is 7.21. The van der Waals surface area contributed by atoms with Gasteiger partial charge in [0.2, 0.25) is 5.91 Å². The molecule has 1 fully saturated rings. The van der Waals surface area contributed by atoms with Crippen molar-refractivity contribution in [1.29, 1.82) is 0 Å². The number of thioether (sulfide) groups is 1.